The van der Waals surface area contributed by atoms with Crippen molar-refractivity contribution in [3.05, 3.63) is 29.8 Å². The standard InChI is InChI=1S/C17H30N2/c1-6-17(14(4)5)18-16-11-9-10-15(12-16)13-19(7-2)8-3/h9-12,14,17-18H,6-8,13H2,1-5H3. The molecule has 0 aliphatic carbocycles. The zero-order chi connectivity index (χ0) is 14.3. The Labute approximate surface area is 119 Å². The molecule has 1 aromatic carbocycles. The van der Waals surface area contributed by atoms with Crippen molar-refractivity contribution in [2.75, 3.05) is 18.4 Å². The lowest BCUT2D eigenvalue weighted by atomic mass is 10.0. The number of anilines is 1. The summed E-state index contributed by atoms with van der Waals surface area (Å²) in [6.07, 6.45) is 1.16. The Morgan fingerprint density at radius 3 is 2.32 bits per heavy atom. The maximum absolute atomic E-state index is 3.66. The molecular weight excluding hydrogens is 232 g/mol. The van der Waals surface area contributed by atoms with Gasteiger partial charge in [0.25, 0.3) is 0 Å². The first-order valence-electron chi connectivity index (χ1n) is 7.68. The van der Waals surface area contributed by atoms with Gasteiger partial charge in [-0.2, -0.15) is 0 Å². The van der Waals surface area contributed by atoms with Crippen LogP contribution in [0.4, 0.5) is 5.69 Å². The van der Waals surface area contributed by atoms with Gasteiger partial charge < -0.3 is 5.32 Å². The summed E-state index contributed by atoms with van der Waals surface area (Å²) in [4.78, 5) is 2.44. The maximum Gasteiger partial charge on any atom is 0.0345 e. The predicted molar refractivity (Wildman–Crippen MR) is 85.6 cm³/mol. The Hall–Kier alpha value is -1.02. The van der Waals surface area contributed by atoms with Gasteiger partial charge in [-0.15, -0.1) is 0 Å². The SMILES string of the molecule is CCC(Nc1cccc(CN(CC)CC)c1)C(C)C. The van der Waals surface area contributed by atoms with Crippen molar-refractivity contribution in [3.8, 4) is 0 Å². The molecule has 0 amide bonds. The molecule has 2 nitrogen and oxygen atoms in total. The van der Waals surface area contributed by atoms with Crippen molar-refractivity contribution in [2.24, 2.45) is 5.92 Å². The number of nitrogens with zero attached hydrogens (tertiary/aromatic N) is 1. The van der Waals surface area contributed by atoms with E-state index in [4.69, 9.17) is 0 Å². The van der Waals surface area contributed by atoms with Gasteiger partial charge in [-0.05, 0) is 43.1 Å². The molecule has 0 saturated carbocycles. The third kappa shape index (κ3) is 5.23. The van der Waals surface area contributed by atoms with Crippen LogP contribution in [0.5, 0.6) is 0 Å². The highest BCUT2D eigenvalue weighted by molar-refractivity contribution is 5.46. The van der Waals surface area contributed by atoms with Gasteiger partial charge in [0, 0.05) is 18.3 Å². The van der Waals surface area contributed by atoms with E-state index in [-0.39, 0.29) is 0 Å². The Bertz CT molecular complexity index is 356. The Morgan fingerprint density at radius 1 is 1.11 bits per heavy atom. The lowest BCUT2D eigenvalue weighted by Gasteiger charge is -2.23. The van der Waals surface area contributed by atoms with Crippen molar-refractivity contribution in [1.29, 1.82) is 0 Å². The molecule has 0 heterocycles. The third-order valence-corrected chi connectivity index (χ3v) is 3.82. The highest BCUT2D eigenvalue weighted by Crippen LogP contribution is 2.17. The number of rotatable bonds is 8. The zero-order valence-electron chi connectivity index (χ0n) is 13.2. The van der Waals surface area contributed by atoms with Gasteiger partial charge in [-0.25, -0.2) is 0 Å². The van der Waals surface area contributed by atoms with Gasteiger partial charge in [-0.3, -0.25) is 4.90 Å². The molecule has 0 spiro atoms. The summed E-state index contributed by atoms with van der Waals surface area (Å²) in [5.74, 6) is 0.663. The molecule has 1 aromatic rings. The summed E-state index contributed by atoms with van der Waals surface area (Å²) in [5.41, 5.74) is 2.65. The molecule has 19 heavy (non-hydrogen) atoms. The van der Waals surface area contributed by atoms with Crippen molar-refractivity contribution < 1.29 is 0 Å². The second-order valence-electron chi connectivity index (χ2n) is 5.56. The van der Waals surface area contributed by atoms with Gasteiger partial charge >= 0.3 is 0 Å². The molecule has 1 unspecified atom stereocenters. The van der Waals surface area contributed by atoms with Crippen LogP contribution < -0.4 is 5.32 Å². The normalized spacial score (nSPS) is 13.0. The summed E-state index contributed by atoms with van der Waals surface area (Å²) in [6.45, 7) is 14.5. The van der Waals surface area contributed by atoms with E-state index >= 15 is 0 Å². The van der Waals surface area contributed by atoms with Gasteiger partial charge in [0.15, 0.2) is 0 Å². The van der Waals surface area contributed by atoms with E-state index in [0.29, 0.717) is 12.0 Å². The van der Waals surface area contributed by atoms with Crippen LogP contribution in [0.3, 0.4) is 0 Å². The first-order chi connectivity index (χ1) is 9.10. The van der Waals surface area contributed by atoms with E-state index in [1.807, 2.05) is 0 Å². The minimum atomic E-state index is 0.559. The number of hydrogen-bond donors (Lipinski definition) is 1. The predicted octanol–water partition coefficient (Wildman–Crippen LogP) is 4.37. The van der Waals surface area contributed by atoms with E-state index in [0.717, 1.165) is 26.1 Å². The van der Waals surface area contributed by atoms with E-state index in [1.165, 1.54) is 11.3 Å². The van der Waals surface area contributed by atoms with Crippen molar-refractivity contribution in [3.63, 3.8) is 0 Å². The molecule has 0 saturated heterocycles. The number of nitrogens with one attached hydrogen (secondary N) is 1. The molecule has 0 aliphatic heterocycles. The quantitative estimate of drug-likeness (QED) is 0.748. The first kappa shape index (κ1) is 16.0. The van der Waals surface area contributed by atoms with Gasteiger partial charge in [0.05, 0.1) is 0 Å². The largest absolute Gasteiger partial charge is 0.382 e. The Morgan fingerprint density at radius 2 is 1.79 bits per heavy atom. The average Bonchev–Trinajstić information content (AvgIpc) is 2.42. The van der Waals surface area contributed by atoms with Crippen molar-refractivity contribution in [1.82, 2.24) is 4.90 Å². The molecule has 1 atom stereocenters. The first-order valence-corrected chi connectivity index (χ1v) is 7.68. The molecule has 0 bridgehead atoms. The lowest BCUT2D eigenvalue weighted by molar-refractivity contribution is 0.296. The summed E-state index contributed by atoms with van der Waals surface area (Å²) in [7, 11) is 0. The second-order valence-corrected chi connectivity index (χ2v) is 5.56. The minimum absolute atomic E-state index is 0.559. The topological polar surface area (TPSA) is 15.3 Å². The summed E-state index contributed by atoms with van der Waals surface area (Å²) in [6, 6.07) is 9.41. The van der Waals surface area contributed by atoms with Crippen molar-refractivity contribution >= 4 is 5.69 Å². The van der Waals surface area contributed by atoms with Crippen LogP contribution in [0.1, 0.15) is 46.6 Å². The van der Waals surface area contributed by atoms with Gasteiger partial charge in [0.1, 0.15) is 0 Å². The molecule has 0 aliphatic rings. The fourth-order valence-corrected chi connectivity index (χ4v) is 2.42. The zero-order valence-corrected chi connectivity index (χ0v) is 13.2. The molecule has 1 N–H and O–H groups in total. The van der Waals surface area contributed by atoms with E-state index < -0.39 is 0 Å². The van der Waals surface area contributed by atoms with Crippen LogP contribution in [0, 0.1) is 5.92 Å². The third-order valence-electron chi connectivity index (χ3n) is 3.82. The van der Waals surface area contributed by atoms with E-state index in [2.05, 4.69) is 69.1 Å². The van der Waals surface area contributed by atoms with Crippen LogP contribution in [0.15, 0.2) is 24.3 Å². The van der Waals surface area contributed by atoms with Gasteiger partial charge in [0.2, 0.25) is 0 Å². The van der Waals surface area contributed by atoms with Crippen LogP contribution in [-0.4, -0.2) is 24.0 Å². The number of benzene rings is 1. The maximum atomic E-state index is 3.66. The summed E-state index contributed by atoms with van der Waals surface area (Å²) < 4.78 is 0. The van der Waals surface area contributed by atoms with E-state index in [9.17, 15) is 0 Å². The second kappa shape index (κ2) is 8.21. The van der Waals surface area contributed by atoms with Crippen LogP contribution in [-0.2, 0) is 6.54 Å². The Balaban J connectivity index is 2.71. The summed E-state index contributed by atoms with van der Waals surface area (Å²) >= 11 is 0. The highest BCUT2D eigenvalue weighted by atomic mass is 15.1. The molecule has 0 fully saturated rings. The van der Waals surface area contributed by atoms with Crippen molar-refractivity contribution in [2.45, 2.75) is 53.6 Å². The lowest BCUT2D eigenvalue weighted by Crippen LogP contribution is -2.25. The smallest absolute Gasteiger partial charge is 0.0345 e. The average molecular weight is 262 g/mol. The van der Waals surface area contributed by atoms with Crippen LogP contribution >= 0.6 is 0 Å². The van der Waals surface area contributed by atoms with E-state index in [1.54, 1.807) is 0 Å². The molecule has 108 valence electrons. The molecule has 2 heteroatoms. The fraction of sp³-hybridized carbons (Fsp3) is 0.647. The molecule has 1 rings (SSSR count). The van der Waals surface area contributed by atoms with Crippen LogP contribution in [0.2, 0.25) is 0 Å². The summed E-state index contributed by atoms with van der Waals surface area (Å²) in [5, 5.41) is 3.66. The molecule has 0 aromatic heterocycles. The molecule has 0 radical (unpaired) electrons. The highest BCUT2D eigenvalue weighted by Gasteiger charge is 2.10. The van der Waals surface area contributed by atoms with Crippen LogP contribution in [0.25, 0.3) is 0 Å². The molecular formula is C17H30N2. The monoisotopic (exact) mass is 262 g/mol. The Kier molecular flexibility index (Phi) is 6.93. The number of hydrogen-bond acceptors (Lipinski definition) is 2. The minimum Gasteiger partial charge on any atom is -0.382 e. The fourth-order valence-electron chi connectivity index (χ4n) is 2.42. The van der Waals surface area contributed by atoms with Gasteiger partial charge in [-0.1, -0.05) is 46.8 Å².